The van der Waals surface area contributed by atoms with E-state index in [1.807, 2.05) is 12.3 Å². The summed E-state index contributed by atoms with van der Waals surface area (Å²) in [5.74, 6) is 0.882. The molecule has 0 fully saturated rings. The van der Waals surface area contributed by atoms with Gasteiger partial charge in [0.05, 0.1) is 24.7 Å². The first-order chi connectivity index (χ1) is 8.31. The molecule has 2 N–H and O–H groups in total. The Kier molecular flexibility index (Phi) is 2.28. The molecule has 0 unspecified atom stereocenters. The van der Waals surface area contributed by atoms with Gasteiger partial charge in [-0.15, -0.1) is 0 Å². The van der Waals surface area contributed by atoms with Gasteiger partial charge in [-0.3, -0.25) is 5.10 Å². The molecule has 0 radical (unpaired) electrons. The van der Waals surface area contributed by atoms with Gasteiger partial charge in [-0.2, -0.15) is 5.10 Å². The molecule has 1 aliphatic heterocycles. The van der Waals surface area contributed by atoms with Crippen molar-refractivity contribution in [2.45, 2.75) is 13.3 Å². The van der Waals surface area contributed by atoms with Crippen LogP contribution in [-0.4, -0.2) is 23.9 Å². The molecule has 3 rings (SSSR count). The lowest BCUT2D eigenvalue weighted by atomic mass is 10.0. The van der Waals surface area contributed by atoms with Gasteiger partial charge in [0.25, 0.3) is 0 Å². The molecule has 1 aliphatic rings. The van der Waals surface area contributed by atoms with Crippen molar-refractivity contribution in [3.05, 3.63) is 29.5 Å². The summed E-state index contributed by atoms with van der Waals surface area (Å²) in [7, 11) is 1.70. The van der Waals surface area contributed by atoms with Crippen molar-refractivity contribution in [1.82, 2.24) is 10.2 Å². The van der Waals surface area contributed by atoms with Gasteiger partial charge in [0, 0.05) is 12.1 Å². The molecule has 2 heterocycles. The fourth-order valence-electron chi connectivity index (χ4n) is 2.39. The van der Waals surface area contributed by atoms with Gasteiger partial charge in [0.15, 0.2) is 0 Å². The van der Waals surface area contributed by atoms with Crippen LogP contribution >= 0.6 is 0 Å². The predicted octanol–water partition coefficient (Wildman–Crippen LogP) is 2.36. The lowest BCUT2D eigenvalue weighted by Gasteiger charge is -2.14. The van der Waals surface area contributed by atoms with Gasteiger partial charge in [-0.05, 0) is 30.5 Å². The van der Waals surface area contributed by atoms with Crippen LogP contribution in [-0.2, 0) is 6.42 Å². The lowest BCUT2D eigenvalue weighted by Crippen LogP contribution is -2.04. The maximum atomic E-state index is 5.42. The number of anilines is 1. The first-order valence-electron chi connectivity index (χ1n) is 5.75. The lowest BCUT2D eigenvalue weighted by molar-refractivity contribution is 0.416. The second-order valence-electron chi connectivity index (χ2n) is 4.28. The standard InChI is InChI=1S/C13H15N3O/c1-8-3-4-10(17-2)13-11(8)12-9(5-6-14-13)7-15-16-12/h3-4,7,14H,5-6H2,1-2H3,(H,15,16). The van der Waals surface area contributed by atoms with Crippen molar-refractivity contribution in [1.29, 1.82) is 0 Å². The van der Waals surface area contributed by atoms with Crippen LogP contribution in [0.4, 0.5) is 5.69 Å². The SMILES string of the molecule is COc1ccc(C)c2c1NCCc1cn[nH]c1-2. The van der Waals surface area contributed by atoms with Crippen molar-refractivity contribution < 1.29 is 4.74 Å². The minimum absolute atomic E-state index is 0.882. The molecule has 0 spiro atoms. The van der Waals surface area contributed by atoms with Gasteiger partial charge in [0.2, 0.25) is 0 Å². The van der Waals surface area contributed by atoms with Crippen molar-refractivity contribution in [3.8, 4) is 17.0 Å². The molecule has 1 aromatic carbocycles. The maximum Gasteiger partial charge on any atom is 0.142 e. The van der Waals surface area contributed by atoms with Gasteiger partial charge in [-0.25, -0.2) is 0 Å². The Morgan fingerprint density at radius 1 is 1.35 bits per heavy atom. The third-order valence-electron chi connectivity index (χ3n) is 3.26. The summed E-state index contributed by atoms with van der Waals surface area (Å²) in [4.78, 5) is 0. The fourth-order valence-corrected chi connectivity index (χ4v) is 2.39. The highest BCUT2D eigenvalue weighted by Crippen LogP contribution is 2.40. The average molecular weight is 229 g/mol. The van der Waals surface area contributed by atoms with E-state index in [4.69, 9.17) is 4.74 Å². The molecule has 4 nitrogen and oxygen atoms in total. The molecular weight excluding hydrogens is 214 g/mol. The van der Waals surface area contributed by atoms with E-state index in [1.165, 1.54) is 16.7 Å². The highest BCUT2D eigenvalue weighted by atomic mass is 16.5. The average Bonchev–Trinajstić information content (AvgIpc) is 2.71. The molecule has 0 saturated carbocycles. The zero-order valence-corrected chi connectivity index (χ0v) is 10.0. The summed E-state index contributed by atoms with van der Waals surface area (Å²) in [6.45, 7) is 3.01. The summed E-state index contributed by atoms with van der Waals surface area (Å²) < 4.78 is 5.42. The van der Waals surface area contributed by atoms with Crippen molar-refractivity contribution >= 4 is 5.69 Å². The van der Waals surface area contributed by atoms with E-state index in [0.29, 0.717) is 0 Å². The Labute approximate surface area is 100 Å². The topological polar surface area (TPSA) is 49.9 Å². The summed E-state index contributed by atoms with van der Waals surface area (Å²) in [5.41, 5.74) is 5.83. The van der Waals surface area contributed by atoms with Crippen molar-refractivity contribution in [2.24, 2.45) is 0 Å². The number of nitrogens with zero attached hydrogens (tertiary/aromatic N) is 1. The fraction of sp³-hybridized carbons (Fsp3) is 0.308. The number of aryl methyl sites for hydroxylation is 1. The Morgan fingerprint density at radius 3 is 3.06 bits per heavy atom. The Balaban J connectivity index is 2.31. The molecule has 2 aromatic rings. The molecule has 0 bridgehead atoms. The van der Waals surface area contributed by atoms with E-state index in [0.717, 1.165) is 30.1 Å². The molecular formula is C13H15N3O. The van der Waals surface area contributed by atoms with Crippen molar-refractivity contribution in [3.63, 3.8) is 0 Å². The molecule has 0 saturated heterocycles. The van der Waals surface area contributed by atoms with E-state index >= 15 is 0 Å². The van der Waals surface area contributed by atoms with Crippen LogP contribution in [0.1, 0.15) is 11.1 Å². The van der Waals surface area contributed by atoms with Crippen LogP contribution in [0.2, 0.25) is 0 Å². The van der Waals surface area contributed by atoms with Gasteiger partial charge in [0.1, 0.15) is 5.75 Å². The van der Waals surface area contributed by atoms with E-state index in [1.54, 1.807) is 7.11 Å². The molecule has 0 amide bonds. The maximum absolute atomic E-state index is 5.42. The van der Waals surface area contributed by atoms with Crippen LogP contribution in [0, 0.1) is 6.92 Å². The largest absolute Gasteiger partial charge is 0.495 e. The van der Waals surface area contributed by atoms with Crippen molar-refractivity contribution in [2.75, 3.05) is 19.0 Å². The number of hydrogen-bond acceptors (Lipinski definition) is 3. The molecule has 0 atom stereocenters. The van der Waals surface area contributed by atoms with E-state index < -0.39 is 0 Å². The number of rotatable bonds is 1. The predicted molar refractivity (Wildman–Crippen MR) is 67.5 cm³/mol. The number of methoxy groups -OCH3 is 1. The third kappa shape index (κ3) is 1.48. The molecule has 1 aromatic heterocycles. The van der Waals surface area contributed by atoms with Gasteiger partial charge < -0.3 is 10.1 Å². The number of benzene rings is 1. The number of ether oxygens (including phenoxy) is 1. The summed E-state index contributed by atoms with van der Waals surface area (Å²) >= 11 is 0. The van der Waals surface area contributed by atoms with E-state index in [9.17, 15) is 0 Å². The smallest absolute Gasteiger partial charge is 0.142 e. The second kappa shape index (κ2) is 3.80. The summed E-state index contributed by atoms with van der Waals surface area (Å²) in [6, 6.07) is 4.08. The highest BCUT2D eigenvalue weighted by molar-refractivity contribution is 5.85. The summed E-state index contributed by atoms with van der Waals surface area (Å²) in [5, 5.41) is 10.7. The zero-order chi connectivity index (χ0) is 11.8. The Hall–Kier alpha value is -1.97. The Bertz CT molecular complexity index is 560. The van der Waals surface area contributed by atoms with Crippen LogP contribution in [0.25, 0.3) is 11.3 Å². The van der Waals surface area contributed by atoms with Crippen LogP contribution in [0.3, 0.4) is 0 Å². The zero-order valence-electron chi connectivity index (χ0n) is 10.0. The van der Waals surface area contributed by atoms with Gasteiger partial charge in [-0.1, -0.05) is 6.07 Å². The number of aromatic nitrogens is 2. The first-order valence-corrected chi connectivity index (χ1v) is 5.75. The molecule has 17 heavy (non-hydrogen) atoms. The number of hydrogen-bond donors (Lipinski definition) is 2. The molecule has 88 valence electrons. The number of aromatic amines is 1. The second-order valence-corrected chi connectivity index (χ2v) is 4.28. The molecule has 0 aliphatic carbocycles. The summed E-state index contributed by atoms with van der Waals surface area (Å²) in [6.07, 6.45) is 2.88. The number of H-pyrrole nitrogens is 1. The monoisotopic (exact) mass is 229 g/mol. The molecule has 4 heteroatoms. The number of fused-ring (bicyclic) bond motifs is 3. The van der Waals surface area contributed by atoms with Crippen LogP contribution < -0.4 is 10.1 Å². The first kappa shape index (κ1) is 10.2. The highest BCUT2D eigenvalue weighted by Gasteiger charge is 2.20. The third-order valence-corrected chi connectivity index (χ3v) is 3.26. The van der Waals surface area contributed by atoms with E-state index in [-0.39, 0.29) is 0 Å². The number of nitrogens with one attached hydrogen (secondary N) is 2. The normalized spacial score (nSPS) is 13.3. The quantitative estimate of drug-likeness (QED) is 0.789. The van der Waals surface area contributed by atoms with Crippen LogP contribution in [0.15, 0.2) is 18.3 Å². The van der Waals surface area contributed by atoms with Crippen LogP contribution in [0.5, 0.6) is 5.75 Å². The minimum Gasteiger partial charge on any atom is -0.495 e. The van der Waals surface area contributed by atoms with Gasteiger partial charge >= 0.3 is 0 Å². The minimum atomic E-state index is 0.882. The Morgan fingerprint density at radius 2 is 2.24 bits per heavy atom. The van der Waals surface area contributed by atoms with E-state index in [2.05, 4.69) is 28.5 Å².